The molecule has 1 aliphatic rings. The van der Waals surface area contributed by atoms with E-state index in [-0.39, 0.29) is 23.3 Å². The van der Waals surface area contributed by atoms with Gasteiger partial charge in [-0.05, 0) is 46.5 Å². The number of carbonyl (C=O) groups is 1. The van der Waals surface area contributed by atoms with Crippen molar-refractivity contribution in [1.82, 2.24) is 5.32 Å². The van der Waals surface area contributed by atoms with Gasteiger partial charge in [0.25, 0.3) is 5.91 Å². The van der Waals surface area contributed by atoms with Gasteiger partial charge in [0.2, 0.25) is 0 Å². The fraction of sp³-hybridized carbons (Fsp3) is 0.462. The quantitative estimate of drug-likeness (QED) is 0.884. The Labute approximate surface area is 126 Å². The average Bonchev–Trinajstić information content (AvgIpc) is 2.75. The van der Waals surface area contributed by atoms with Gasteiger partial charge >= 0.3 is 0 Å². The molecule has 1 aromatic rings. The van der Waals surface area contributed by atoms with Gasteiger partial charge in [-0.1, -0.05) is 0 Å². The Hall–Kier alpha value is -1.08. The largest absolute Gasteiger partial charge is 0.496 e. The SMILES string of the molecule is COc1ccc(C(=O)NCC2CCS(=O)(=O)C2)cc1Br. The Kier molecular flexibility index (Phi) is 4.70. The first-order chi connectivity index (χ1) is 9.41. The highest BCUT2D eigenvalue weighted by atomic mass is 79.9. The lowest BCUT2D eigenvalue weighted by Gasteiger charge is -2.10. The highest BCUT2D eigenvalue weighted by Crippen LogP contribution is 2.25. The van der Waals surface area contributed by atoms with Crippen molar-refractivity contribution in [3.05, 3.63) is 28.2 Å². The first kappa shape index (κ1) is 15.3. The molecular weight excluding hydrogens is 346 g/mol. The fourth-order valence-electron chi connectivity index (χ4n) is 2.18. The van der Waals surface area contributed by atoms with Crippen LogP contribution in [-0.2, 0) is 9.84 Å². The zero-order valence-electron chi connectivity index (χ0n) is 11.1. The number of halogens is 1. The smallest absolute Gasteiger partial charge is 0.251 e. The van der Waals surface area contributed by atoms with Gasteiger partial charge in [-0.3, -0.25) is 4.79 Å². The number of ether oxygens (including phenoxy) is 1. The van der Waals surface area contributed by atoms with E-state index >= 15 is 0 Å². The third-order valence-electron chi connectivity index (χ3n) is 3.29. The number of carbonyl (C=O) groups excluding carboxylic acids is 1. The zero-order valence-corrected chi connectivity index (χ0v) is 13.5. The predicted octanol–water partition coefficient (Wildman–Crippen LogP) is 1.62. The number of hydrogen-bond acceptors (Lipinski definition) is 4. The van der Waals surface area contributed by atoms with Crippen LogP contribution in [-0.4, -0.2) is 39.5 Å². The summed E-state index contributed by atoms with van der Waals surface area (Å²) in [7, 11) is -1.34. The number of methoxy groups -OCH3 is 1. The van der Waals surface area contributed by atoms with E-state index in [1.54, 1.807) is 25.3 Å². The van der Waals surface area contributed by atoms with E-state index in [0.29, 0.717) is 28.8 Å². The maximum atomic E-state index is 12.0. The molecule has 1 aliphatic heterocycles. The van der Waals surface area contributed by atoms with Crippen LogP contribution in [0.15, 0.2) is 22.7 Å². The molecule has 1 fully saturated rings. The summed E-state index contributed by atoms with van der Waals surface area (Å²) in [4.78, 5) is 12.0. The molecule has 0 aromatic heterocycles. The van der Waals surface area contributed by atoms with Crippen molar-refractivity contribution >= 4 is 31.7 Å². The maximum Gasteiger partial charge on any atom is 0.251 e. The molecule has 1 atom stereocenters. The molecule has 1 amide bonds. The predicted molar refractivity (Wildman–Crippen MR) is 79.8 cm³/mol. The molecule has 5 nitrogen and oxygen atoms in total. The molecule has 110 valence electrons. The van der Waals surface area contributed by atoms with Crippen molar-refractivity contribution in [2.24, 2.45) is 5.92 Å². The molecule has 1 N–H and O–H groups in total. The van der Waals surface area contributed by atoms with Gasteiger partial charge in [-0.25, -0.2) is 8.42 Å². The highest BCUT2D eigenvalue weighted by Gasteiger charge is 2.28. The molecule has 1 unspecified atom stereocenters. The van der Waals surface area contributed by atoms with Gasteiger partial charge < -0.3 is 10.1 Å². The number of sulfone groups is 1. The van der Waals surface area contributed by atoms with Crippen LogP contribution >= 0.6 is 15.9 Å². The minimum absolute atomic E-state index is 0.0191. The monoisotopic (exact) mass is 361 g/mol. The van der Waals surface area contributed by atoms with Crippen LogP contribution in [0, 0.1) is 5.92 Å². The minimum Gasteiger partial charge on any atom is -0.496 e. The summed E-state index contributed by atoms with van der Waals surface area (Å²) in [6.07, 6.45) is 0.620. The van der Waals surface area contributed by atoms with E-state index in [2.05, 4.69) is 21.2 Å². The molecule has 7 heteroatoms. The number of hydrogen-bond donors (Lipinski definition) is 1. The highest BCUT2D eigenvalue weighted by molar-refractivity contribution is 9.10. The Morgan fingerprint density at radius 3 is 2.80 bits per heavy atom. The van der Waals surface area contributed by atoms with Crippen LogP contribution in [0.2, 0.25) is 0 Å². The van der Waals surface area contributed by atoms with Crippen LogP contribution in [0.25, 0.3) is 0 Å². The van der Waals surface area contributed by atoms with E-state index < -0.39 is 9.84 Å². The van der Waals surface area contributed by atoms with E-state index in [1.165, 1.54) is 0 Å². The van der Waals surface area contributed by atoms with Gasteiger partial charge in [0, 0.05) is 12.1 Å². The summed E-state index contributed by atoms with van der Waals surface area (Å²) in [6, 6.07) is 5.06. The molecule has 0 radical (unpaired) electrons. The summed E-state index contributed by atoms with van der Waals surface area (Å²) < 4.78 is 28.5. The van der Waals surface area contributed by atoms with E-state index in [0.717, 1.165) is 0 Å². The second-order valence-corrected chi connectivity index (χ2v) is 7.91. The number of nitrogens with one attached hydrogen (secondary N) is 1. The van der Waals surface area contributed by atoms with E-state index in [9.17, 15) is 13.2 Å². The molecule has 1 saturated heterocycles. The topological polar surface area (TPSA) is 72.5 Å². The third kappa shape index (κ3) is 3.73. The van der Waals surface area contributed by atoms with Gasteiger partial charge in [-0.2, -0.15) is 0 Å². The third-order valence-corrected chi connectivity index (χ3v) is 5.75. The molecule has 1 aromatic carbocycles. The summed E-state index contributed by atoms with van der Waals surface area (Å²) in [5.74, 6) is 0.855. The summed E-state index contributed by atoms with van der Waals surface area (Å²) in [5, 5.41) is 2.78. The van der Waals surface area contributed by atoms with Crippen molar-refractivity contribution in [2.45, 2.75) is 6.42 Å². The van der Waals surface area contributed by atoms with Crippen molar-refractivity contribution < 1.29 is 17.9 Å². The lowest BCUT2D eigenvalue weighted by Crippen LogP contribution is -2.29. The first-order valence-corrected chi connectivity index (χ1v) is 8.85. The second-order valence-electron chi connectivity index (χ2n) is 4.83. The molecule has 0 aliphatic carbocycles. The Balaban J connectivity index is 1.94. The minimum atomic E-state index is -2.90. The molecule has 2 rings (SSSR count). The number of amides is 1. The maximum absolute atomic E-state index is 12.0. The first-order valence-electron chi connectivity index (χ1n) is 6.23. The van der Waals surface area contributed by atoms with Gasteiger partial charge in [0.1, 0.15) is 5.75 Å². The van der Waals surface area contributed by atoms with Crippen LogP contribution in [0.1, 0.15) is 16.8 Å². The van der Waals surface area contributed by atoms with Crippen LogP contribution in [0.4, 0.5) is 0 Å². The van der Waals surface area contributed by atoms with Crippen molar-refractivity contribution in [1.29, 1.82) is 0 Å². The standard InChI is InChI=1S/C13H16BrNO4S/c1-19-12-3-2-10(6-11(12)14)13(16)15-7-9-4-5-20(17,18)8-9/h2-3,6,9H,4-5,7-8H2,1H3,(H,15,16). The Bertz CT molecular complexity index is 615. The molecule has 1 heterocycles. The van der Waals surface area contributed by atoms with E-state index in [1.807, 2.05) is 0 Å². The molecule has 0 spiro atoms. The van der Waals surface area contributed by atoms with Gasteiger partial charge in [-0.15, -0.1) is 0 Å². The van der Waals surface area contributed by atoms with Gasteiger partial charge in [0.15, 0.2) is 9.84 Å². The van der Waals surface area contributed by atoms with Crippen molar-refractivity contribution in [2.75, 3.05) is 25.2 Å². The summed E-state index contributed by atoms with van der Waals surface area (Å²) >= 11 is 3.32. The van der Waals surface area contributed by atoms with Crippen molar-refractivity contribution in [3.8, 4) is 5.75 Å². The molecule has 0 bridgehead atoms. The number of rotatable bonds is 4. The summed E-state index contributed by atoms with van der Waals surface area (Å²) in [6.45, 7) is 0.391. The normalized spacial score (nSPS) is 20.6. The van der Waals surface area contributed by atoms with Crippen LogP contribution in [0.3, 0.4) is 0 Å². The summed E-state index contributed by atoms with van der Waals surface area (Å²) in [5.41, 5.74) is 0.513. The second kappa shape index (κ2) is 6.13. The number of benzene rings is 1. The lowest BCUT2D eigenvalue weighted by atomic mass is 10.1. The lowest BCUT2D eigenvalue weighted by molar-refractivity contribution is 0.0948. The zero-order chi connectivity index (χ0) is 14.8. The van der Waals surface area contributed by atoms with Gasteiger partial charge in [0.05, 0.1) is 23.1 Å². The van der Waals surface area contributed by atoms with Crippen LogP contribution < -0.4 is 10.1 Å². The Morgan fingerprint density at radius 2 is 2.25 bits per heavy atom. The average molecular weight is 362 g/mol. The molecule has 20 heavy (non-hydrogen) atoms. The van der Waals surface area contributed by atoms with Crippen LogP contribution in [0.5, 0.6) is 5.75 Å². The molecule has 0 saturated carbocycles. The fourth-order valence-corrected chi connectivity index (χ4v) is 4.58. The van der Waals surface area contributed by atoms with Crippen molar-refractivity contribution in [3.63, 3.8) is 0 Å². The Morgan fingerprint density at radius 1 is 1.50 bits per heavy atom. The van der Waals surface area contributed by atoms with E-state index in [4.69, 9.17) is 4.74 Å². The molecular formula is C13H16BrNO4S.